The summed E-state index contributed by atoms with van der Waals surface area (Å²) in [6.45, 7) is 1.96. The van der Waals surface area contributed by atoms with Crippen molar-refractivity contribution < 1.29 is 4.42 Å². The van der Waals surface area contributed by atoms with Crippen LogP contribution < -0.4 is 5.32 Å². The SMILES string of the molecule is CNc1ncnc(-c2cc3cc(Cl)ccc3o2)c1C. The minimum absolute atomic E-state index is 0.690. The van der Waals surface area contributed by atoms with Gasteiger partial charge in [-0.05, 0) is 31.2 Å². The van der Waals surface area contributed by atoms with Crippen LogP contribution in [0.1, 0.15) is 5.56 Å². The Morgan fingerprint density at radius 2 is 2.05 bits per heavy atom. The van der Waals surface area contributed by atoms with Crippen LogP contribution in [0.15, 0.2) is 35.0 Å². The zero-order chi connectivity index (χ0) is 13.4. The van der Waals surface area contributed by atoms with E-state index in [-0.39, 0.29) is 0 Å². The number of nitrogens with zero attached hydrogens (tertiary/aromatic N) is 2. The third kappa shape index (κ3) is 2.04. The van der Waals surface area contributed by atoms with Gasteiger partial charge < -0.3 is 9.73 Å². The third-order valence-electron chi connectivity index (χ3n) is 3.03. The second-order valence-electron chi connectivity index (χ2n) is 4.24. The maximum absolute atomic E-state index is 5.98. The number of hydrogen-bond acceptors (Lipinski definition) is 4. The summed E-state index contributed by atoms with van der Waals surface area (Å²) in [6, 6.07) is 7.48. The molecule has 0 aliphatic rings. The average molecular weight is 274 g/mol. The van der Waals surface area contributed by atoms with Crippen LogP contribution in [-0.4, -0.2) is 17.0 Å². The Bertz CT molecular complexity index is 752. The highest BCUT2D eigenvalue weighted by atomic mass is 35.5. The van der Waals surface area contributed by atoms with Crippen molar-refractivity contribution in [2.75, 3.05) is 12.4 Å². The third-order valence-corrected chi connectivity index (χ3v) is 3.27. The lowest BCUT2D eigenvalue weighted by molar-refractivity contribution is 0.628. The van der Waals surface area contributed by atoms with Gasteiger partial charge in [0.05, 0.1) is 0 Å². The van der Waals surface area contributed by atoms with E-state index in [0.29, 0.717) is 10.8 Å². The first-order valence-corrected chi connectivity index (χ1v) is 6.25. The van der Waals surface area contributed by atoms with Crippen molar-refractivity contribution in [2.45, 2.75) is 6.92 Å². The topological polar surface area (TPSA) is 51.0 Å². The van der Waals surface area contributed by atoms with E-state index in [4.69, 9.17) is 16.0 Å². The smallest absolute Gasteiger partial charge is 0.154 e. The first kappa shape index (κ1) is 12.0. The molecule has 0 saturated heterocycles. The monoisotopic (exact) mass is 273 g/mol. The molecule has 2 aromatic heterocycles. The lowest BCUT2D eigenvalue weighted by Crippen LogP contribution is -1.98. The van der Waals surface area contributed by atoms with E-state index in [0.717, 1.165) is 28.0 Å². The quantitative estimate of drug-likeness (QED) is 0.769. The molecule has 0 saturated carbocycles. The van der Waals surface area contributed by atoms with Gasteiger partial charge >= 0.3 is 0 Å². The van der Waals surface area contributed by atoms with E-state index in [2.05, 4.69) is 15.3 Å². The van der Waals surface area contributed by atoms with E-state index in [1.165, 1.54) is 6.33 Å². The molecule has 2 heterocycles. The highest BCUT2D eigenvalue weighted by Gasteiger charge is 2.13. The van der Waals surface area contributed by atoms with Gasteiger partial charge in [-0.1, -0.05) is 11.6 Å². The Hall–Kier alpha value is -2.07. The highest BCUT2D eigenvalue weighted by Crippen LogP contribution is 2.31. The average Bonchev–Trinajstić information content (AvgIpc) is 2.81. The molecule has 3 aromatic rings. The zero-order valence-electron chi connectivity index (χ0n) is 10.6. The minimum atomic E-state index is 0.690. The first-order valence-electron chi connectivity index (χ1n) is 5.88. The number of anilines is 1. The number of aromatic nitrogens is 2. The molecule has 0 bridgehead atoms. The summed E-state index contributed by atoms with van der Waals surface area (Å²) in [4.78, 5) is 8.46. The molecule has 0 amide bonds. The normalized spacial score (nSPS) is 10.9. The lowest BCUT2D eigenvalue weighted by Gasteiger charge is -2.06. The van der Waals surface area contributed by atoms with E-state index >= 15 is 0 Å². The standard InChI is InChI=1S/C14H12ClN3O/c1-8-13(17-7-18-14(8)16-2)12-6-9-5-10(15)3-4-11(9)19-12/h3-7H,1-2H3,(H,16,17,18). The van der Waals surface area contributed by atoms with Crippen LogP contribution in [0.4, 0.5) is 5.82 Å². The maximum Gasteiger partial charge on any atom is 0.154 e. The number of fused-ring (bicyclic) bond motifs is 1. The number of furan rings is 1. The zero-order valence-corrected chi connectivity index (χ0v) is 11.3. The first-order chi connectivity index (χ1) is 9.19. The Morgan fingerprint density at radius 1 is 1.21 bits per heavy atom. The minimum Gasteiger partial charge on any atom is -0.454 e. The second-order valence-corrected chi connectivity index (χ2v) is 4.68. The molecule has 0 fully saturated rings. The molecular weight excluding hydrogens is 262 g/mol. The van der Waals surface area contributed by atoms with Crippen molar-refractivity contribution in [1.29, 1.82) is 0 Å². The van der Waals surface area contributed by atoms with Gasteiger partial charge in [0.15, 0.2) is 5.76 Å². The fourth-order valence-electron chi connectivity index (χ4n) is 2.08. The van der Waals surface area contributed by atoms with Crippen LogP contribution in [0.25, 0.3) is 22.4 Å². The Morgan fingerprint density at radius 3 is 2.84 bits per heavy atom. The molecule has 1 N–H and O–H groups in total. The highest BCUT2D eigenvalue weighted by molar-refractivity contribution is 6.31. The largest absolute Gasteiger partial charge is 0.454 e. The van der Waals surface area contributed by atoms with Crippen molar-refractivity contribution in [2.24, 2.45) is 0 Å². The number of halogens is 1. The van der Waals surface area contributed by atoms with Gasteiger partial charge in [0.1, 0.15) is 23.4 Å². The molecule has 1 aromatic carbocycles. The van der Waals surface area contributed by atoms with Crippen molar-refractivity contribution in [1.82, 2.24) is 9.97 Å². The number of rotatable bonds is 2. The van der Waals surface area contributed by atoms with E-state index in [9.17, 15) is 0 Å². The van der Waals surface area contributed by atoms with Crippen LogP contribution in [0.3, 0.4) is 0 Å². The van der Waals surface area contributed by atoms with Crippen LogP contribution in [0.2, 0.25) is 5.02 Å². The number of benzene rings is 1. The fraction of sp³-hybridized carbons (Fsp3) is 0.143. The van der Waals surface area contributed by atoms with Gasteiger partial charge in [0.25, 0.3) is 0 Å². The predicted molar refractivity (Wildman–Crippen MR) is 76.5 cm³/mol. The predicted octanol–water partition coefficient (Wildman–Crippen LogP) is 3.89. The number of hydrogen-bond donors (Lipinski definition) is 1. The van der Waals surface area contributed by atoms with E-state index in [1.807, 2.05) is 38.2 Å². The van der Waals surface area contributed by atoms with Gasteiger partial charge in [0, 0.05) is 23.0 Å². The summed E-state index contributed by atoms with van der Waals surface area (Å²) < 4.78 is 5.81. The number of nitrogens with one attached hydrogen (secondary N) is 1. The summed E-state index contributed by atoms with van der Waals surface area (Å²) in [6.07, 6.45) is 1.52. The van der Waals surface area contributed by atoms with E-state index in [1.54, 1.807) is 0 Å². The van der Waals surface area contributed by atoms with Gasteiger partial charge in [-0.15, -0.1) is 0 Å². The van der Waals surface area contributed by atoms with Crippen molar-refractivity contribution in [3.63, 3.8) is 0 Å². The molecule has 0 atom stereocenters. The molecular formula is C14H12ClN3O. The molecule has 0 aliphatic heterocycles. The van der Waals surface area contributed by atoms with Gasteiger partial charge in [0.2, 0.25) is 0 Å². The van der Waals surface area contributed by atoms with Gasteiger partial charge in [-0.2, -0.15) is 0 Å². The van der Waals surface area contributed by atoms with Crippen LogP contribution in [-0.2, 0) is 0 Å². The van der Waals surface area contributed by atoms with Crippen molar-refractivity contribution in [3.8, 4) is 11.5 Å². The summed E-state index contributed by atoms with van der Waals surface area (Å²) in [5.41, 5.74) is 2.53. The fourth-order valence-corrected chi connectivity index (χ4v) is 2.26. The van der Waals surface area contributed by atoms with Gasteiger partial charge in [-0.3, -0.25) is 0 Å². The molecule has 3 rings (SSSR count). The van der Waals surface area contributed by atoms with E-state index < -0.39 is 0 Å². The second kappa shape index (κ2) is 4.55. The molecule has 0 radical (unpaired) electrons. The molecule has 5 heteroatoms. The van der Waals surface area contributed by atoms with Crippen LogP contribution >= 0.6 is 11.6 Å². The molecule has 0 unspecified atom stereocenters. The molecule has 4 nitrogen and oxygen atoms in total. The van der Waals surface area contributed by atoms with Crippen LogP contribution in [0.5, 0.6) is 0 Å². The maximum atomic E-state index is 5.98. The van der Waals surface area contributed by atoms with Crippen molar-refractivity contribution in [3.05, 3.63) is 41.2 Å². The summed E-state index contributed by atoms with van der Waals surface area (Å²) in [5.74, 6) is 1.51. The lowest BCUT2D eigenvalue weighted by atomic mass is 10.2. The van der Waals surface area contributed by atoms with Crippen LogP contribution in [0, 0.1) is 6.92 Å². The van der Waals surface area contributed by atoms with Crippen molar-refractivity contribution >= 4 is 28.4 Å². The summed E-state index contributed by atoms with van der Waals surface area (Å²) in [7, 11) is 1.83. The Balaban J connectivity index is 2.19. The Kier molecular flexibility index (Phi) is 2.87. The summed E-state index contributed by atoms with van der Waals surface area (Å²) >= 11 is 5.98. The van der Waals surface area contributed by atoms with Gasteiger partial charge in [-0.25, -0.2) is 9.97 Å². The summed E-state index contributed by atoms with van der Waals surface area (Å²) in [5, 5.41) is 4.69. The molecule has 19 heavy (non-hydrogen) atoms. The Labute approximate surface area is 115 Å². The molecule has 0 spiro atoms. The molecule has 0 aliphatic carbocycles. The molecule has 96 valence electrons.